The Hall–Kier alpha value is -2.68. The molecule has 0 aliphatic carbocycles. The van der Waals surface area contributed by atoms with Crippen LogP contribution in [0.1, 0.15) is 11.1 Å². The summed E-state index contributed by atoms with van der Waals surface area (Å²) in [5, 5.41) is 8.49. The van der Waals surface area contributed by atoms with E-state index in [-0.39, 0.29) is 33.9 Å². The van der Waals surface area contributed by atoms with Crippen molar-refractivity contribution < 1.29 is 29.0 Å². The van der Waals surface area contributed by atoms with Crippen molar-refractivity contribution in [3.63, 3.8) is 0 Å². The lowest BCUT2D eigenvalue weighted by molar-refractivity contribution is -0.139. The van der Waals surface area contributed by atoms with Crippen molar-refractivity contribution >= 4 is 58.2 Å². The smallest absolute Gasteiger partial charge is 0.341 e. The number of imide groups is 1. The summed E-state index contributed by atoms with van der Waals surface area (Å²) in [5.74, 6) is -0.918. The summed E-state index contributed by atoms with van der Waals surface area (Å²) in [4.78, 5) is 36.9. The van der Waals surface area contributed by atoms with E-state index in [0.717, 1.165) is 22.2 Å². The van der Waals surface area contributed by atoms with Crippen LogP contribution in [0.2, 0.25) is 10.0 Å². The second kappa shape index (κ2) is 10.1. The molecule has 7 nitrogen and oxygen atoms in total. The van der Waals surface area contributed by atoms with Crippen molar-refractivity contribution in [1.82, 2.24) is 4.90 Å². The number of aryl methyl sites for hydroxylation is 1. The highest BCUT2D eigenvalue weighted by Gasteiger charge is 2.34. The van der Waals surface area contributed by atoms with Crippen molar-refractivity contribution in [2.45, 2.75) is 6.92 Å². The van der Waals surface area contributed by atoms with Crippen LogP contribution in [-0.2, 0) is 9.59 Å². The molecule has 10 heteroatoms. The molecule has 2 aromatic rings. The predicted octanol–water partition coefficient (Wildman–Crippen LogP) is 4.88. The summed E-state index contributed by atoms with van der Waals surface area (Å²) in [6.07, 6.45) is 1.49. The van der Waals surface area contributed by atoms with Crippen molar-refractivity contribution in [1.29, 1.82) is 0 Å². The van der Waals surface area contributed by atoms with Crippen molar-refractivity contribution in [3.8, 4) is 11.5 Å². The molecule has 3 rings (SSSR count). The van der Waals surface area contributed by atoms with E-state index < -0.39 is 23.7 Å². The molecule has 1 aliphatic rings. The zero-order valence-corrected chi connectivity index (χ0v) is 18.6. The Bertz CT molecular complexity index is 1050. The van der Waals surface area contributed by atoms with Crippen LogP contribution in [0.15, 0.2) is 41.3 Å². The number of thioether (sulfide) groups is 1. The van der Waals surface area contributed by atoms with Crippen LogP contribution < -0.4 is 9.47 Å². The van der Waals surface area contributed by atoms with Crippen LogP contribution in [0.4, 0.5) is 4.79 Å². The topological polar surface area (TPSA) is 93.1 Å². The third kappa shape index (κ3) is 5.94. The molecule has 0 spiro atoms. The van der Waals surface area contributed by atoms with Crippen molar-refractivity contribution in [3.05, 3.63) is 62.5 Å². The maximum Gasteiger partial charge on any atom is 0.341 e. The van der Waals surface area contributed by atoms with Gasteiger partial charge in [0.1, 0.15) is 12.4 Å². The van der Waals surface area contributed by atoms with Crippen molar-refractivity contribution in [2.75, 3.05) is 19.8 Å². The number of hydrogen-bond donors (Lipinski definition) is 1. The molecule has 1 saturated heterocycles. The standard InChI is InChI=1S/C21H17Cl2NO6S/c1-12-3-2-4-14(7-12)29-6-5-24-20(27)17(31-21(24)28)10-13-8-15(22)19(16(23)9-13)30-11-18(25)26/h2-4,7-10H,5-6,11H2,1H3,(H,25,26)/b17-10-. The van der Waals surface area contributed by atoms with Gasteiger partial charge < -0.3 is 14.6 Å². The van der Waals surface area contributed by atoms with E-state index in [4.69, 9.17) is 37.8 Å². The number of carbonyl (C=O) groups is 3. The number of aliphatic carboxylic acids is 1. The van der Waals surface area contributed by atoms with Gasteiger partial charge in [-0.1, -0.05) is 35.3 Å². The Kier molecular flexibility index (Phi) is 7.48. The molecule has 0 saturated carbocycles. The molecule has 1 heterocycles. The van der Waals surface area contributed by atoms with Gasteiger partial charge in [0.25, 0.3) is 11.1 Å². The summed E-state index contributed by atoms with van der Waals surface area (Å²) in [5.41, 5.74) is 1.52. The second-order valence-corrected chi connectivity index (χ2v) is 8.30. The molecule has 1 fully saturated rings. The van der Waals surface area contributed by atoms with Gasteiger partial charge >= 0.3 is 5.97 Å². The number of rotatable bonds is 8. The highest BCUT2D eigenvalue weighted by atomic mass is 35.5. The third-order valence-corrected chi connectivity index (χ3v) is 5.57. The third-order valence-electron chi connectivity index (χ3n) is 4.11. The Morgan fingerprint density at radius 1 is 1.16 bits per heavy atom. The van der Waals surface area contributed by atoms with E-state index in [1.54, 1.807) is 6.07 Å². The van der Waals surface area contributed by atoms with Gasteiger partial charge in [-0.05, 0) is 60.2 Å². The predicted molar refractivity (Wildman–Crippen MR) is 119 cm³/mol. The summed E-state index contributed by atoms with van der Waals surface area (Å²) in [6.45, 7) is 1.63. The van der Waals surface area contributed by atoms with Crippen LogP contribution >= 0.6 is 35.0 Å². The molecule has 162 valence electrons. The van der Waals surface area contributed by atoms with Gasteiger partial charge in [-0.25, -0.2) is 4.79 Å². The normalized spacial score (nSPS) is 14.9. The molecule has 0 aromatic heterocycles. The van der Waals surface area contributed by atoms with Crippen LogP contribution in [0, 0.1) is 6.92 Å². The number of ether oxygens (including phenoxy) is 2. The summed E-state index contributed by atoms with van der Waals surface area (Å²) in [6, 6.07) is 10.4. The zero-order chi connectivity index (χ0) is 22.5. The largest absolute Gasteiger partial charge is 0.492 e. The number of carbonyl (C=O) groups excluding carboxylic acids is 2. The molecule has 1 aliphatic heterocycles. The number of carboxylic acid groups (broad SMARTS) is 1. The lowest BCUT2D eigenvalue weighted by atomic mass is 10.2. The highest BCUT2D eigenvalue weighted by Crippen LogP contribution is 2.37. The number of amides is 2. The zero-order valence-electron chi connectivity index (χ0n) is 16.3. The first-order valence-corrected chi connectivity index (χ1v) is 10.6. The Morgan fingerprint density at radius 2 is 1.87 bits per heavy atom. The minimum atomic E-state index is -1.17. The first-order valence-electron chi connectivity index (χ1n) is 9.03. The molecular weight excluding hydrogens is 465 g/mol. The van der Waals surface area contributed by atoms with Crippen LogP contribution in [0.5, 0.6) is 11.5 Å². The number of nitrogens with zero attached hydrogens (tertiary/aromatic N) is 1. The fourth-order valence-corrected chi connectivity index (χ4v) is 4.22. The van der Waals surface area contributed by atoms with Crippen LogP contribution in [0.25, 0.3) is 6.08 Å². The van der Waals surface area contributed by atoms with E-state index in [1.807, 2.05) is 25.1 Å². The van der Waals surface area contributed by atoms with Gasteiger partial charge in [-0.15, -0.1) is 0 Å². The Balaban J connectivity index is 1.67. The van der Waals surface area contributed by atoms with E-state index in [0.29, 0.717) is 11.3 Å². The first-order chi connectivity index (χ1) is 14.7. The van der Waals surface area contributed by atoms with Gasteiger partial charge in [-0.3, -0.25) is 14.5 Å². The van der Waals surface area contributed by atoms with Gasteiger partial charge in [0.15, 0.2) is 12.4 Å². The lowest BCUT2D eigenvalue weighted by Crippen LogP contribution is -2.32. The second-order valence-electron chi connectivity index (χ2n) is 6.49. The Morgan fingerprint density at radius 3 is 2.52 bits per heavy atom. The van der Waals surface area contributed by atoms with Crippen LogP contribution in [0.3, 0.4) is 0 Å². The van der Waals surface area contributed by atoms with E-state index >= 15 is 0 Å². The van der Waals surface area contributed by atoms with E-state index in [9.17, 15) is 14.4 Å². The van der Waals surface area contributed by atoms with Crippen LogP contribution in [-0.4, -0.2) is 46.9 Å². The molecule has 2 aromatic carbocycles. The summed E-state index contributed by atoms with van der Waals surface area (Å²) < 4.78 is 10.7. The fourth-order valence-electron chi connectivity index (χ4n) is 2.74. The van der Waals surface area contributed by atoms with Gasteiger partial charge in [0.05, 0.1) is 21.5 Å². The fraction of sp³-hybridized carbons (Fsp3) is 0.190. The molecule has 31 heavy (non-hydrogen) atoms. The molecule has 2 amide bonds. The molecule has 0 radical (unpaired) electrons. The molecule has 0 bridgehead atoms. The summed E-state index contributed by atoms with van der Waals surface area (Å²) in [7, 11) is 0. The number of carboxylic acids is 1. The first kappa shape index (κ1) is 23.0. The number of benzene rings is 2. The summed E-state index contributed by atoms with van der Waals surface area (Å²) >= 11 is 13.0. The van der Waals surface area contributed by atoms with Gasteiger partial charge in [0.2, 0.25) is 0 Å². The quantitative estimate of drug-likeness (QED) is 0.536. The van der Waals surface area contributed by atoms with E-state index in [1.165, 1.54) is 18.2 Å². The Labute approximate surface area is 192 Å². The minimum absolute atomic E-state index is 0.0317. The van der Waals surface area contributed by atoms with E-state index in [2.05, 4.69) is 0 Å². The maximum atomic E-state index is 12.6. The lowest BCUT2D eigenvalue weighted by Gasteiger charge is -2.13. The number of halogens is 2. The molecule has 0 atom stereocenters. The molecular formula is C21H17Cl2NO6S. The maximum absolute atomic E-state index is 12.6. The molecule has 1 N–H and O–H groups in total. The monoisotopic (exact) mass is 481 g/mol. The highest BCUT2D eigenvalue weighted by molar-refractivity contribution is 8.18. The number of hydrogen-bond acceptors (Lipinski definition) is 6. The van der Waals surface area contributed by atoms with Gasteiger partial charge in [-0.2, -0.15) is 0 Å². The SMILES string of the molecule is Cc1cccc(OCCN2C(=O)S/C(=C\c3cc(Cl)c(OCC(=O)O)c(Cl)c3)C2=O)c1. The van der Waals surface area contributed by atoms with Crippen molar-refractivity contribution in [2.24, 2.45) is 0 Å². The average Bonchev–Trinajstić information content (AvgIpc) is 2.94. The average molecular weight is 482 g/mol. The van der Waals surface area contributed by atoms with Gasteiger partial charge in [0, 0.05) is 0 Å². The molecule has 0 unspecified atom stereocenters. The minimum Gasteiger partial charge on any atom is -0.492 e.